The first kappa shape index (κ1) is 22.6. The van der Waals surface area contributed by atoms with Crippen molar-refractivity contribution >= 4 is 41.6 Å². The van der Waals surface area contributed by atoms with E-state index >= 15 is 0 Å². The zero-order valence-electron chi connectivity index (χ0n) is 17.9. The Balaban J connectivity index is 0.00000256. The van der Waals surface area contributed by atoms with Gasteiger partial charge in [-0.2, -0.15) is 0 Å². The van der Waals surface area contributed by atoms with Gasteiger partial charge in [0.2, 0.25) is 5.95 Å². The number of rotatable bonds is 5. The average molecular weight is 521 g/mol. The highest BCUT2D eigenvalue weighted by atomic mass is 127. The van der Waals surface area contributed by atoms with Crippen LogP contribution in [-0.4, -0.2) is 72.7 Å². The molecule has 1 atom stereocenters. The van der Waals surface area contributed by atoms with Gasteiger partial charge < -0.3 is 20.0 Å². The van der Waals surface area contributed by atoms with Crippen molar-refractivity contribution in [2.75, 3.05) is 55.6 Å². The van der Waals surface area contributed by atoms with E-state index in [9.17, 15) is 0 Å². The number of aliphatic imine (C=N–C) groups is 1. The van der Waals surface area contributed by atoms with Crippen LogP contribution in [0.3, 0.4) is 0 Å². The number of piperazine rings is 1. The van der Waals surface area contributed by atoms with Crippen molar-refractivity contribution in [3.8, 4) is 0 Å². The van der Waals surface area contributed by atoms with Gasteiger partial charge in [0.15, 0.2) is 5.96 Å². The number of fused-ring (bicyclic) bond motifs is 1. The highest BCUT2D eigenvalue weighted by molar-refractivity contribution is 14.0. The van der Waals surface area contributed by atoms with E-state index in [-0.39, 0.29) is 24.0 Å². The summed E-state index contributed by atoms with van der Waals surface area (Å²) >= 11 is 0. The predicted molar refractivity (Wildman–Crippen MR) is 134 cm³/mol. The lowest BCUT2D eigenvalue weighted by atomic mass is 10.1. The van der Waals surface area contributed by atoms with E-state index in [4.69, 9.17) is 4.99 Å². The first-order valence-electron chi connectivity index (χ1n) is 10.7. The number of nitrogens with zero attached hydrogens (tertiary/aromatic N) is 6. The van der Waals surface area contributed by atoms with Crippen LogP contribution < -0.4 is 15.1 Å². The molecule has 8 heteroatoms. The maximum Gasteiger partial charge on any atom is 0.225 e. The Labute approximate surface area is 196 Å². The molecule has 0 bridgehead atoms. The largest absolute Gasteiger partial charge is 0.366 e. The first-order valence-corrected chi connectivity index (χ1v) is 10.7. The fourth-order valence-corrected chi connectivity index (χ4v) is 4.23. The summed E-state index contributed by atoms with van der Waals surface area (Å²) in [6.07, 6.45) is 4.74. The predicted octanol–water partition coefficient (Wildman–Crippen LogP) is 2.63. The maximum atomic E-state index is 4.95. The minimum Gasteiger partial charge on any atom is -0.366 e. The molecule has 0 radical (unpaired) electrons. The lowest BCUT2D eigenvalue weighted by Crippen LogP contribution is -2.53. The molecule has 7 nitrogen and oxygen atoms in total. The van der Waals surface area contributed by atoms with Crippen molar-refractivity contribution < 1.29 is 0 Å². The Bertz CT molecular complexity index is 821. The third-order valence-electron chi connectivity index (χ3n) is 5.70. The standard InChI is InChI=1S/C22H31N7.HI/c1-3-23-21(27-13-15-28(16-14-27)22-24-9-6-10-25-22)26-11-12-29-18(2)17-19-7-4-5-8-20(19)29;/h4-10,18H,3,11-17H2,1-2H3,(H,23,26);1H. The Morgan fingerprint density at radius 3 is 2.57 bits per heavy atom. The van der Waals surface area contributed by atoms with Gasteiger partial charge in [-0.3, -0.25) is 4.99 Å². The highest BCUT2D eigenvalue weighted by Gasteiger charge is 2.25. The van der Waals surface area contributed by atoms with Crippen molar-refractivity contribution in [2.24, 2.45) is 4.99 Å². The minimum atomic E-state index is 0. The summed E-state index contributed by atoms with van der Waals surface area (Å²) in [5.41, 5.74) is 2.83. The molecule has 30 heavy (non-hydrogen) atoms. The third kappa shape index (κ3) is 5.14. The van der Waals surface area contributed by atoms with Crippen LogP contribution in [0.1, 0.15) is 19.4 Å². The number of aromatic nitrogens is 2. The number of hydrogen-bond acceptors (Lipinski definition) is 5. The number of benzene rings is 1. The average Bonchev–Trinajstić information content (AvgIpc) is 3.09. The summed E-state index contributed by atoms with van der Waals surface area (Å²) in [7, 11) is 0. The molecule has 2 aromatic rings. The molecular formula is C22H32IN7. The molecule has 4 rings (SSSR count). The monoisotopic (exact) mass is 521 g/mol. The molecule has 3 heterocycles. The van der Waals surface area contributed by atoms with Gasteiger partial charge in [0.1, 0.15) is 0 Å². The van der Waals surface area contributed by atoms with Crippen molar-refractivity contribution in [1.82, 2.24) is 20.2 Å². The van der Waals surface area contributed by atoms with Gasteiger partial charge in [0, 0.05) is 63.4 Å². The molecule has 1 aromatic heterocycles. The van der Waals surface area contributed by atoms with Gasteiger partial charge in [-0.1, -0.05) is 18.2 Å². The van der Waals surface area contributed by atoms with E-state index in [1.165, 1.54) is 11.3 Å². The van der Waals surface area contributed by atoms with E-state index in [2.05, 4.69) is 68.1 Å². The van der Waals surface area contributed by atoms with Crippen molar-refractivity contribution in [3.05, 3.63) is 48.3 Å². The fraction of sp³-hybridized carbons (Fsp3) is 0.500. The number of nitrogens with one attached hydrogen (secondary N) is 1. The number of guanidine groups is 1. The van der Waals surface area contributed by atoms with Crippen LogP contribution >= 0.6 is 24.0 Å². The Hall–Kier alpha value is -2.10. The number of hydrogen-bond donors (Lipinski definition) is 1. The summed E-state index contributed by atoms with van der Waals surface area (Å²) in [6.45, 7) is 10.7. The zero-order valence-corrected chi connectivity index (χ0v) is 20.2. The summed E-state index contributed by atoms with van der Waals surface area (Å²) in [5.74, 6) is 1.83. The van der Waals surface area contributed by atoms with Gasteiger partial charge in [0.25, 0.3) is 0 Å². The van der Waals surface area contributed by atoms with Crippen LogP contribution in [0.15, 0.2) is 47.7 Å². The van der Waals surface area contributed by atoms with E-state index in [1.807, 2.05) is 6.07 Å². The normalized spacial score (nSPS) is 18.8. The summed E-state index contributed by atoms with van der Waals surface area (Å²) in [6, 6.07) is 11.1. The molecule has 162 valence electrons. The van der Waals surface area contributed by atoms with E-state index in [1.54, 1.807) is 12.4 Å². The second-order valence-corrected chi connectivity index (χ2v) is 7.63. The fourth-order valence-electron chi connectivity index (χ4n) is 4.23. The molecule has 2 aliphatic heterocycles. The molecule has 2 aliphatic rings. The maximum absolute atomic E-state index is 4.95. The molecule has 1 aromatic carbocycles. The second kappa shape index (κ2) is 10.8. The molecule has 0 saturated carbocycles. The topological polar surface area (TPSA) is 59.9 Å². The Kier molecular flexibility index (Phi) is 8.12. The van der Waals surface area contributed by atoms with Crippen LogP contribution in [-0.2, 0) is 6.42 Å². The van der Waals surface area contributed by atoms with E-state index < -0.39 is 0 Å². The minimum absolute atomic E-state index is 0. The Morgan fingerprint density at radius 2 is 1.83 bits per heavy atom. The van der Waals surface area contributed by atoms with Crippen molar-refractivity contribution in [2.45, 2.75) is 26.3 Å². The van der Waals surface area contributed by atoms with Crippen LogP contribution in [0.4, 0.5) is 11.6 Å². The third-order valence-corrected chi connectivity index (χ3v) is 5.70. The zero-order chi connectivity index (χ0) is 20.1. The number of halogens is 1. The quantitative estimate of drug-likeness (QED) is 0.371. The van der Waals surface area contributed by atoms with Crippen LogP contribution in [0.5, 0.6) is 0 Å². The van der Waals surface area contributed by atoms with Gasteiger partial charge in [-0.25, -0.2) is 9.97 Å². The van der Waals surface area contributed by atoms with Gasteiger partial charge in [-0.05, 0) is 38.0 Å². The van der Waals surface area contributed by atoms with Crippen LogP contribution in [0, 0.1) is 0 Å². The van der Waals surface area contributed by atoms with E-state index in [0.717, 1.165) is 64.1 Å². The van der Waals surface area contributed by atoms with Crippen LogP contribution in [0.25, 0.3) is 0 Å². The lowest BCUT2D eigenvalue weighted by Gasteiger charge is -2.36. The molecule has 0 aliphatic carbocycles. The summed E-state index contributed by atoms with van der Waals surface area (Å²) in [5, 5.41) is 3.47. The second-order valence-electron chi connectivity index (χ2n) is 7.63. The molecule has 0 amide bonds. The molecule has 1 saturated heterocycles. The smallest absolute Gasteiger partial charge is 0.225 e. The highest BCUT2D eigenvalue weighted by Crippen LogP contribution is 2.31. The summed E-state index contributed by atoms with van der Waals surface area (Å²) in [4.78, 5) is 20.8. The SMILES string of the molecule is CCNC(=NCCN1c2ccccc2CC1C)N1CCN(c2ncccn2)CC1.I. The summed E-state index contributed by atoms with van der Waals surface area (Å²) < 4.78 is 0. The van der Waals surface area contributed by atoms with Gasteiger partial charge >= 0.3 is 0 Å². The molecule has 1 unspecified atom stereocenters. The first-order chi connectivity index (χ1) is 14.3. The molecule has 1 fully saturated rings. The lowest BCUT2D eigenvalue weighted by molar-refractivity contribution is 0.370. The molecule has 0 spiro atoms. The van der Waals surface area contributed by atoms with Gasteiger partial charge in [-0.15, -0.1) is 24.0 Å². The molecular weight excluding hydrogens is 489 g/mol. The number of para-hydroxylation sites is 1. The van der Waals surface area contributed by atoms with Gasteiger partial charge in [0.05, 0.1) is 6.54 Å². The van der Waals surface area contributed by atoms with E-state index in [0.29, 0.717) is 6.04 Å². The van der Waals surface area contributed by atoms with Crippen molar-refractivity contribution in [1.29, 1.82) is 0 Å². The van der Waals surface area contributed by atoms with Crippen LogP contribution in [0.2, 0.25) is 0 Å². The van der Waals surface area contributed by atoms with Crippen molar-refractivity contribution in [3.63, 3.8) is 0 Å². The Morgan fingerprint density at radius 1 is 1.10 bits per heavy atom. The number of anilines is 2. The molecule has 1 N–H and O–H groups in total.